The zero-order chi connectivity index (χ0) is 14.0. The number of hydrogen-bond donors (Lipinski definition) is 1. The van der Waals surface area contributed by atoms with E-state index in [1.54, 1.807) is 4.90 Å². The first-order valence-electron chi connectivity index (χ1n) is 6.65. The molecule has 1 N–H and O–H groups in total. The lowest BCUT2D eigenvalue weighted by molar-refractivity contribution is -0.117. The van der Waals surface area contributed by atoms with Gasteiger partial charge in [0.15, 0.2) is 0 Å². The monoisotopic (exact) mass is 259 g/mol. The molecule has 0 fully saturated rings. The summed E-state index contributed by atoms with van der Waals surface area (Å²) in [4.78, 5) is 13.3. The number of nitrogens with zero attached hydrogens (tertiary/aromatic N) is 1. The Bertz CT molecular complexity index is 512. The highest BCUT2D eigenvalue weighted by Gasteiger charge is 2.23. The molecule has 2 rings (SSSR count). The minimum absolute atomic E-state index is 0.151. The molecule has 0 spiro atoms. The fourth-order valence-corrected chi connectivity index (χ4v) is 2.25. The molecule has 3 nitrogen and oxygen atoms in total. The minimum Gasteiger partial charge on any atom is -0.390 e. The van der Waals surface area contributed by atoms with E-state index in [2.05, 4.69) is 18.2 Å². The summed E-state index contributed by atoms with van der Waals surface area (Å²) in [5.74, 6) is 0.151. The quantitative estimate of drug-likeness (QED) is 0.903. The van der Waals surface area contributed by atoms with Gasteiger partial charge in [-0.3, -0.25) is 4.79 Å². The zero-order valence-electron chi connectivity index (χ0n) is 11.8. The van der Waals surface area contributed by atoms with E-state index < -0.39 is 5.60 Å². The van der Waals surface area contributed by atoms with Crippen LogP contribution in [0.4, 0.5) is 5.69 Å². The Kier molecular flexibility index (Phi) is 3.76. The summed E-state index contributed by atoms with van der Waals surface area (Å²) in [5.41, 5.74) is 2.60. The number of rotatable bonds is 4. The maximum Gasteiger partial charge on any atom is 0.231 e. The van der Waals surface area contributed by atoms with Crippen LogP contribution in [0.25, 0.3) is 6.08 Å². The lowest BCUT2D eigenvalue weighted by Crippen LogP contribution is -2.20. The maximum absolute atomic E-state index is 11.6. The molecule has 1 aromatic carbocycles. The standard InChI is InChI=1S/C16H21NO2/c1-16(2,19)9-5-4-6-12-7-8-14-13(10-12)11-15(18)17(14)3/h4,6-8,10,19H,5,9,11H2,1-3H3/b6-4+. The third-order valence-electron chi connectivity index (χ3n) is 3.41. The molecule has 1 heterocycles. The van der Waals surface area contributed by atoms with Gasteiger partial charge in [0, 0.05) is 12.7 Å². The molecular formula is C16H21NO2. The van der Waals surface area contributed by atoms with Crippen LogP contribution in [0.2, 0.25) is 0 Å². The molecule has 0 unspecified atom stereocenters. The fourth-order valence-electron chi connectivity index (χ4n) is 2.25. The van der Waals surface area contributed by atoms with E-state index in [1.807, 2.05) is 33.0 Å². The summed E-state index contributed by atoms with van der Waals surface area (Å²) in [6.45, 7) is 3.63. The van der Waals surface area contributed by atoms with Crippen molar-refractivity contribution < 1.29 is 9.90 Å². The highest BCUT2D eigenvalue weighted by atomic mass is 16.3. The number of likely N-dealkylation sites (N-methyl/N-ethyl adjacent to an activating group) is 1. The topological polar surface area (TPSA) is 40.5 Å². The number of carbonyl (C=O) groups is 1. The molecule has 0 aromatic heterocycles. The van der Waals surface area contributed by atoms with Crippen molar-refractivity contribution in [1.29, 1.82) is 0 Å². The summed E-state index contributed by atoms with van der Waals surface area (Å²) in [7, 11) is 1.81. The van der Waals surface area contributed by atoms with Crippen LogP contribution in [0.3, 0.4) is 0 Å². The molecule has 19 heavy (non-hydrogen) atoms. The normalized spacial score (nSPS) is 15.4. The Hall–Kier alpha value is -1.61. The molecule has 0 saturated carbocycles. The third kappa shape index (κ3) is 3.44. The summed E-state index contributed by atoms with van der Waals surface area (Å²) in [6, 6.07) is 6.09. The molecule has 1 aliphatic rings. The van der Waals surface area contributed by atoms with Crippen LogP contribution in [-0.2, 0) is 11.2 Å². The predicted molar refractivity (Wildman–Crippen MR) is 78.1 cm³/mol. The Morgan fingerprint density at radius 2 is 2.16 bits per heavy atom. The van der Waals surface area contributed by atoms with E-state index in [9.17, 15) is 9.90 Å². The number of carbonyl (C=O) groups excluding carboxylic acids is 1. The number of fused-ring (bicyclic) bond motifs is 1. The first kappa shape index (κ1) is 13.8. The molecule has 3 heteroatoms. The van der Waals surface area contributed by atoms with Crippen LogP contribution >= 0.6 is 0 Å². The van der Waals surface area contributed by atoms with Gasteiger partial charge >= 0.3 is 0 Å². The van der Waals surface area contributed by atoms with Crippen molar-refractivity contribution in [3.8, 4) is 0 Å². The van der Waals surface area contributed by atoms with Crippen molar-refractivity contribution in [2.24, 2.45) is 0 Å². The highest BCUT2D eigenvalue weighted by molar-refractivity contribution is 6.01. The lowest BCUT2D eigenvalue weighted by atomic mass is 10.0. The fraction of sp³-hybridized carbons (Fsp3) is 0.438. The van der Waals surface area contributed by atoms with Crippen molar-refractivity contribution in [3.63, 3.8) is 0 Å². The molecule has 0 saturated heterocycles. The van der Waals surface area contributed by atoms with E-state index >= 15 is 0 Å². The van der Waals surface area contributed by atoms with Crippen LogP contribution in [0.1, 0.15) is 37.8 Å². The van der Waals surface area contributed by atoms with Crippen molar-refractivity contribution in [1.82, 2.24) is 0 Å². The number of allylic oxidation sites excluding steroid dienone is 1. The lowest BCUT2D eigenvalue weighted by Gasteiger charge is -2.14. The van der Waals surface area contributed by atoms with E-state index in [-0.39, 0.29) is 5.91 Å². The molecule has 0 aliphatic carbocycles. The minimum atomic E-state index is -0.614. The molecule has 102 valence electrons. The van der Waals surface area contributed by atoms with Gasteiger partial charge in [0.1, 0.15) is 0 Å². The van der Waals surface area contributed by atoms with Gasteiger partial charge < -0.3 is 10.0 Å². The Morgan fingerprint density at radius 3 is 2.84 bits per heavy atom. The SMILES string of the molecule is CN1C(=O)Cc2cc(/C=C/CCC(C)(C)O)ccc21. The second-order valence-electron chi connectivity index (χ2n) is 5.77. The van der Waals surface area contributed by atoms with E-state index in [1.165, 1.54) is 0 Å². The van der Waals surface area contributed by atoms with E-state index in [0.29, 0.717) is 6.42 Å². The first-order chi connectivity index (χ1) is 8.87. The maximum atomic E-state index is 11.6. The molecule has 0 bridgehead atoms. The van der Waals surface area contributed by atoms with Crippen LogP contribution < -0.4 is 4.90 Å². The molecule has 1 aliphatic heterocycles. The first-order valence-corrected chi connectivity index (χ1v) is 6.65. The zero-order valence-corrected chi connectivity index (χ0v) is 11.8. The Balaban J connectivity index is 2.02. The van der Waals surface area contributed by atoms with Gasteiger partial charge in [0.05, 0.1) is 12.0 Å². The number of aliphatic hydroxyl groups is 1. The van der Waals surface area contributed by atoms with Crippen molar-refractivity contribution >= 4 is 17.7 Å². The van der Waals surface area contributed by atoms with Crippen molar-refractivity contribution in [2.75, 3.05) is 11.9 Å². The van der Waals surface area contributed by atoms with Crippen LogP contribution in [-0.4, -0.2) is 23.7 Å². The third-order valence-corrected chi connectivity index (χ3v) is 3.41. The average Bonchev–Trinajstić information content (AvgIpc) is 2.59. The second-order valence-corrected chi connectivity index (χ2v) is 5.77. The number of benzene rings is 1. The van der Waals surface area contributed by atoms with Gasteiger partial charge in [-0.1, -0.05) is 18.2 Å². The number of amides is 1. The number of anilines is 1. The van der Waals surface area contributed by atoms with E-state index in [4.69, 9.17) is 0 Å². The summed E-state index contributed by atoms with van der Waals surface area (Å²) in [6.07, 6.45) is 6.21. The van der Waals surface area contributed by atoms with Gasteiger partial charge in [0.2, 0.25) is 5.91 Å². The summed E-state index contributed by atoms with van der Waals surface area (Å²) >= 11 is 0. The van der Waals surface area contributed by atoms with Gasteiger partial charge in [-0.2, -0.15) is 0 Å². The summed E-state index contributed by atoms with van der Waals surface area (Å²) < 4.78 is 0. The second kappa shape index (κ2) is 5.17. The Morgan fingerprint density at radius 1 is 1.42 bits per heavy atom. The van der Waals surface area contributed by atoms with Crippen LogP contribution in [0.5, 0.6) is 0 Å². The van der Waals surface area contributed by atoms with Crippen LogP contribution in [0, 0.1) is 0 Å². The average molecular weight is 259 g/mol. The van der Waals surface area contributed by atoms with E-state index in [0.717, 1.165) is 29.7 Å². The Labute approximate surface area is 114 Å². The van der Waals surface area contributed by atoms with Crippen molar-refractivity contribution in [3.05, 3.63) is 35.4 Å². The number of hydrogen-bond acceptors (Lipinski definition) is 2. The molecule has 1 aromatic rings. The van der Waals surface area contributed by atoms with Crippen LogP contribution in [0.15, 0.2) is 24.3 Å². The smallest absolute Gasteiger partial charge is 0.231 e. The largest absolute Gasteiger partial charge is 0.390 e. The molecular weight excluding hydrogens is 238 g/mol. The summed E-state index contributed by atoms with van der Waals surface area (Å²) in [5, 5.41) is 9.62. The molecule has 1 amide bonds. The highest BCUT2D eigenvalue weighted by Crippen LogP contribution is 2.28. The van der Waals surface area contributed by atoms with Gasteiger partial charge in [-0.25, -0.2) is 0 Å². The van der Waals surface area contributed by atoms with Gasteiger partial charge in [0.25, 0.3) is 0 Å². The molecule has 0 atom stereocenters. The van der Waals surface area contributed by atoms with Crippen molar-refractivity contribution in [2.45, 2.75) is 38.7 Å². The molecule has 0 radical (unpaired) electrons. The van der Waals surface area contributed by atoms with Gasteiger partial charge in [-0.15, -0.1) is 0 Å². The predicted octanol–water partition coefficient (Wildman–Crippen LogP) is 2.77. The van der Waals surface area contributed by atoms with Gasteiger partial charge in [-0.05, 0) is 49.9 Å².